The van der Waals surface area contributed by atoms with Gasteiger partial charge in [-0.05, 0) is 68.5 Å². The van der Waals surface area contributed by atoms with Crippen LogP contribution in [-0.4, -0.2) is 42.5 Å². The monoisotopic (exact) mass is 440 g/mol. The van der Waals surface area contributed by atoms with E-state index in [4.69, 9.17) is 9.47 Å². The van der Waals surface area contributed by atoms with Crippen molar-refractivity contribution in [2.24, 2.45) is 0 Å². The lowest BCUT2D eigenvalue weighted by atomic mass is 10.1. The summed E-state index contributed by atoms with van der Waals surface area (Å²) in [6, 6.07) is 12.7. The third-order valence-corrected chi connectivity index (χ3v) is 5.80. The van der Waals surface area contributed by atoms with E-state index in [-0.39, 0.29) is 24.5 Å². The summed E-state index contributed by atoms with van der Waals surface area (Å²) in [6.07, 6.45) is 1.33. The maximum atomic E-state index is 13.3. The van der Waals surface area contributed by atoms with Gasteiger partial charge in [0.15, 0.2) is 6.61 Å². The van der Waals surface area contributed by atoms with Crippen molar-refractivity contribution in [3.63, 3.8) is 0 Å². The van der Waals surface area contributed by atoms with Crippen LogP contribution >= 0.6 is 0 Å². The van der Waals surface area contributed by atoms with Gasteiger partial charge in [-0.25, -0.2) is 0 Å². The summed E-state index contributed by atoms with van der Waals surface area (Å²) in [6.45, 7) is 10.1. The first kappa shape index (κ1) is 25.2. The van der Waals surface area contributed by atoms with Crippen LogP contribution in [0.25, 0.3) is 0 Å². The van der Waals surface area contributed by atoms with Crippen LogP contribution in [0.15, 0.2) is 42.5 Å². The van der Waals surface area contributed by atoms with Gasteiger partial charge in [0.2, 0.25) is 5.91 Å². The van der Waals surface area contributed by atoms with Gasteiger partial charge in [-0.15, -0.1) is 0 Å². The van der Waals surface area contributed by atoms with Gasteiger partial charge >= 0.3 is 0 Å². The quantitative estimate of drug-likeness (QED) is 0.562. The molecule has 2 atom stereocenters. The Morgan fingerprint density at radius 2 is 1.72 bits per heavy atom. The molecule has 0 spiro atoms. The molecule has 0 aliphatic rings. The average molecular weight is 441 g/mol. The van der Waals surface area contributed by atoms with Gasteiger partial charge in [0.05, 0.1) is 7.11 Å². The number of aryl methyl sites for hydroxylation is 1. The van der Waals surface area contributed by atoms with Gasteiger partial charge in [0.25, 0.3) is 5.91 Å². The fourth-order valence-corrected chi connectivity index (χ4v) is 3.39. The van der Waals surface area contributed by atoms with Crippen LogP contribution in [0.1, 0.15) is 50.3 Å². The van der Waals surface area contributed by atoms with Crippen LogP contribution in [0, 0.1) is 13.8 Å². The smallest absolute Gasteiger partial charge is 0.261 e. The number of carbonyl (C=O) groups is 2. The number of rotatable bonds is 11. The van der Waals surface area contributed by atoms with E-state index in [9.17, 15) is 9.59 Å². The summed E-state index contributed by atoms with van der Waals surface area (Å²) >= 11 is 0. The van der Waals surface area contributed by atoms with E-state index in [2.05, 4.69) is 5.32 Å². The highest BCUT2D eigenvalue weighted by atomic mass is 16.5. The molecule has 1 N–H and O–H groups in total. The SMILES string of the molecule is CC[C@@H](C)NC(=O)[C@H](CC)N(Cc1ccc(OC)cc1)C(=O)COc1cccc(C)c1C. The summed E-state index contributed by atoms with van der Waals surface area (Å²) in [4.78, 5) is 27.9. The van der Waals surface area contributed by atoms with Crippen molar-refractivity contribution < 1.29 is 19.1 Å². The first-order valence-corrected chi connectivity index (χ1v) is 11.2. The maximum Gasteiger partial charge on any atom is 0.261 e. The molecule has 32 heavy (non-hydrogen) atoms. The molecule has 0 aliphatic carbocycles. The zero-order valence-electron chi connectivity index (χ0n) is 20.1. The van der Waals surface area contributed by atoms with Crippen molar-refractivity contribution in [1.82, 2.24) is 10.2 Å². The number of carbonyl (C=O) groups excluding carboxylic acids is 2. The van der Waals surface area contributed by atoms with Gasteiger partial charge in [-0.3, -0.25) is 9.59 Å². The molecule has 0 saturated heterocycles. The van der Waals surface area contributed by atoms with Gasteiger partial charge in [-0.2, -0.15) is 0 Å². The number of benzene rings is 2. The highest BCUT2D eigenvalue weighted by Gasteiger charge is 2.29. The molecule has 0 radical (unpaired) electrons. The number of hydrogen-bond donors (Lipinski definition) is 1. The highest BCUT2D eigenvalue weighted by molar-refractivity contribution is 5.88. The molecule has 6 heteroatoms. The lowest BCUT2D eigenvalue weighted by Gasteiger charge is -2.31. The predicted molar refractivity (Wildman–Crippen MR) is 127 cm³/mol. The number of methoxy groups -OCH3 is 1. The molecular weight excluding hydrogens is 404 g/mol. The standard InChI is InChI=1S/C26H36N2O4/c1-7-19(4)27-26(30)23(8-2)28(16-21-12-14-22(31-6)15-13-21)25(29)17-32-24-11-9-10-18(3)20(24)5/h9-15,19,23H,7-8,16-17H2,1-6H3,(H,27,30)/t19-,23+/m1/s1. The molecule has 6 nitrogen and oxygen atoms in total. The first-order valence-electron chi connectivity index (χ1n) is 11.2. The summed E-state index contributed by atoms with van der Waals surface area (Å²) in [5, 5.41) is 3.02. The van der Waals surface area contributed by atoms with E-state index in [1.54, 1.807) is 12.0 Å². The molecule has 0 heterocycles. The molecule has 0 aliphatic heterocycles. The molecule has 174 valence electrons. The van der Waals surface area contributed by atoms with Crippen molar-refractivity contribution in [3.05, 3.63) is 59.2 Å². The largest absolute Gasteiger partial charge is 0.497 e. The molecule has 0 unspecified atom stereocenters. The summed E-state index contributed by atoms with van der Waals surface area (Å²) in [7, 11) is 1.61. The van der Waals surface area contributed by atoms with E-state index >= 15 is 0 Å². The lowest BCUT2D eigenvalue weighted by Crippen LogP contribution is -2.51. The van der Waals surface area contributed by atoms with Gasteiger partial charge in [0, 0.05) is 12.6 Å². The summed E-state index contributed by atoms with van der Waals surface area (Å²) in [5.74, 6) is 1.05. The first-order chi connectivity index (χ1) is 15.3. The Bertz CT molecular complexity index is 895. The highest BCUT2D eigenvalue weighted by Crippen LogP contribution is 2.21. The second-order valence-corrected chi connectivity index (χ2v) is 8.10. The normalized spacial score (nSPS) is 12.6. The molecule has 0 saturated carbocycles. The second kappa shape index (κ2) is 12.1. The molecule has 2 rings (SSSR count). The van der Waals surface area contributed by atoms with Crippen LogP contribution in [0.2, 0.25) is 0 Å². The van der Waals surface area contributed by atoms with E-state index in [0.29, 0.717) is 18.7 Å². The molecule has 2 amide bonds. The van der Waals surface area contributed by atoms with E-state index in [0.717, 1.165) is 28.9 Å². The van der Waals surface area contributed by atoms with Crippen molar-refractivity contribution in [2.45, 2.75) is 66.1 Å². The Morgan fingerprint density at radius 1 is 1.03 bits per heavy atom. The Labute approximate surface area is 191 Å². The van der Waals surface area contributed by atoms with Crippen molar-refractivity contribution in [2.75, 3.05) is 13.7 Å². The minimum atomic E-state index is -0.583. The number of hydrogen-bond acceptors (Lipinski definition) is 4. The summed E-state index contributed by atoms with van der Waals surface area (Å²) < 4.78 is 11.1. The third-order valence-electron chi connectivity index (χ3n) is 5.80. The zero-order valence-corrected chi connectivity index (χ0v) is 20.1. The van der Waals surface area contributed by atoms with E-state index in [1.165, 1.54) is 0 Å². The predicted octanol–water partition coefficient (Wildman–Crippen LogP) is 4.41. The number of amides is 2. The van der Waals surface area contributed by atoms with Crippen LogP contribution in [0.4, 0.5) is 0 Å². The van der Waals surface area contributed by atoms with Crippen LogP contribution < -0.4 is 14.8 Å². The Balaban J connectivity index is 2.24. The van der Waals surface area contributed by atoms with Crippen LogP contribution in [0.5, 0.6) is 11.5 Å². The number of nitrogens with one attached hydrogen (secondary N) is 1. The number of nitrogens with zero attached hydrogens (tertiary/aromatic N) is 1. The van der Waals surface area contributed by atoms with Crippen molar-refractivity contribution in [1.29, 1.82) is 0 Å². The summed E-state index contributed by atoms with van der Waals surface area (Å²) in [5.41, 5.74) is 3.02. The van der Waals surface area contributed by atoms with Crippen LogP contribution in [0.3, 0.4) is 0 Å². The molecule has 0 fully saturated rings. The second-order valence-electron chi connectivity index (χ2n) is 8.10. The number of ether oxygens (including phenoxy) is 2. The molecular formula is C26H36N2O4. The minimum absolute atomic E-state index is 0.0423. The fraction of sp³-hybridized carbons (Fsp3) is 0.462. The van der Waals surface area contributed by atoms with Crippen LogP contribution in [-0.2, 0) is 16.1 Å². The van der Waals surface area contributed by atoms with E-state index in [1.807, 2.05) is 77.1 Å². The Kier molecular flexibility index (Phi) is 9.57. The third kappa shape index (κ3) is 6.74. The molecule has 2 aromatic rings. The minimum Gasteiger partial charge on any atom is -0.497 e. The molecule has 2 aromatic carbocycles. The molecule has 0 bridgehead atoms. The van der Waals surface area contributed by atoms with Crippen molar-refractivity contribution in [3.8, 4) is 11.5 Å². The zero-order chi connectivity index (χ0) is 23.7. The van der Waals surface area contributed by atoms with Crippen molar-refractivity contribution >= 4 is 11.8 Å². The van der Waals surface area contributed by atoms with Gasteiger partial charge in [-0.1, -0.05) is 38.1 Å². The maximum absolute atomic E-state index is 13.3. The van der Waals surface area contributed by atoms with Gasteiger partial charge in [0.1, 0.15) is 17.5 Å². The fourth-order valence-electron chi connectivity index (χ4n) is 3.39. The lowest BCUT2D eigenvalue weighted by molar-refractivity contribution is -0.143. The average Bonchev–Trinajstić information content (AvgIpc) is 2.79. The topological polar surface area (TPSA) is 67.9 Å². The molecule has 0 aromatic heterocycles. The Morgan fingerprint density at radius 3 is 2.31 bits per heavy atom. The Hall–Kier alpha value is -3.02. The van der Waals surface area contributed by atoms with Gasteiger partial charge < -0.3 is 19.7 Å². The van der Waals surface area contributed by atoms with E-state index < -0.39 is 6.04 Å².